The molecular weight excluding hydrogens is 361 g/mol. The zero-order valence-electron chi connectivity index (χ0n) is 14.0. The molecule has 9 heteroatoms. The van der Waals surface area contributed by atoms with Crippen LogP contribution in [0.1, 0.15) is 11.3 Å². The fraction of sp³-hybridized carbons (Fsp3) is 0.167. The number of amides is 1. The molecule has 0 bridgehead atoms. The molecule has 0 unspecified atom stereocenters. The normalized spacial score (nSPS) is 11.2. The average molecular weight is 376 g/mol. The van der Waals surface area contributed by atoms with Crippen molar-refractivity contribution < 1.29 is 22.7 Å². The number of benzene rings is 1. The Morgan fingerprint density at radius 1 is 1.11 bits per heavy atom. The van der Waals surface area contributed by atoms with Crippen LogP contribution in [0, 0.1) is 0 Å². The summed E-state index contributed by atoms with van der Waals surface area (Å²) in [4.78, 5) is 16.3. The van der Waals surface area contributed by atoms with E-state index in [1.54, 1.807) is 23.1 Å². The first-order valence-corrected chi connectivity index (χ1v) is 7.95. The van der Waals surface area contributed by atoms with Crippen LogP contribution in [0.3, 0.4) is 0 Å². The molecule has 0 spiro atoms. The Morgan fingerprint density at radius 3 is 2.56 bits per heavy atom. The van der Waals surface area contributed by atoms with Crippen molar-refractivity contribution in [1.82, 2.24) is 14.8 Å². The van der Waals surface area contributed by atoms with Crippen molar-refractivity contribution in [3.63, 3.8) is 0 Å². The smallest absolute Gasteiger partial charge is 0.406 e. The number of alkyl halides is 3. The maximum absolute atomic E-state index is 12.1. The third-order valence-corrected chi connectivity index (χ3v) is 3.48. The predicted octanol–water partition coefficient (Wildman–Crippen LogP) is 3.41. The lowest BCUT2D eigenvalue weighted by molar-refractivity contribution is -0.274. The number of carbonyl (C=O) groups excluding carboxylic acids is 1. The fourth-order valence-electron chi connectivity index (χ4n) is 2.36. The van der Waals surface area contributed by atoms with E-state index in [9.17, 15) is 18.0 Å². The number of pyridine rings is 1. The van der Waals surface area contributed by atoms with Gasteiger partial charge in [0, 0.05) is 18.5 Å². The highest BCUT2D eigenvalue weighted by molar-refractivity contribution is 5.91. The molecule has 2 aromatic heterocycles. The quantitative estimate of drug-likeness (QED) is 0.716. The highest BCUT2D eigenvalue weighted by Gasteiger charge is 2.30. The molecule has 0 radical (unpaired) electrons. The summed E-state index contributed by atoms with van der Waals surface area (Å²) in [6.07, 6.45) is -1.34. The molecule has 2 heterocycles. The molecule has 1 aromatic carbocycles. The molecule has 0 fully saturated rings. The highest BCUT2D eigenvalue weighted by atomic mass is 19.4. The lowest BCUT2D eigenvalue weighted by Crippen LogP contribution is -2.17. The Balaban J connectivity index is 1.53. The van der Waals surface area contributed by atoms with Gasteiger partial charge < -0.3 is 10.1 Å². The number of aromatic nitrogens is 3. The first-order valence-electron chi connectivity index (χ1n) is 7.95. The average Bonchev–Trinajstić information content (AvgIpc) is 3.03. The minimum atomic E-state index is -4.74. The van der Waals surface area contributed by atoms with Crippen molar-refractivity contribution in [2.75, 3.05) is 5.32 Å². The van der Waals surface area contributed by atoms with E-state index in [2.05, 4.69) is 20.1 Å². The number of anilines is 1. The minimum absolute atomic E-state index is 0.000597. The van der Waals surface area contributed by atoms with Gasteiger partial charge in [0.2, 0.25) is 5.91 Å². The van der Waals surface area contributed by atoms with E-state index in [1.807, 2.05) is 18.2 Å². The van der Waals surface area contributed by atoms with Crippen LogP contribution >= 0.6 is 0 Å². The van der Waals surface area contributed by atoms with Gasteiger partial charge in [-0.2, -0.15) is 5.10 Å². The van der Waals surface area contributed by atoms with E-state index in [-0.39, 0.29) is 18.1 Å². The monoisotopic (exact) mass is 376 g/mol. The molecule has 6 nitrogen and oxygen atoms in total. The van der Waals surface area contributed by atoms with Crippen LogP contribution in [-0.4, -0.2) is 27.0 Å². The number of rotatable bonds is 6. The first-order chi connectivity index (χ1) is 12.9. The van der Waals surface area contributed by atoms with Crippen molar-refractivity contribution in [2.24, 2.45) is 0 Å². The number of halogens is 3. The van der Waals surface area contributed by atoms with Crippen molar-refractivity contribution >= 4 is 11.7 Å². The van der Waals surface area contributed by atoms with Gasteiger partial charge in [-0.25, -0.2) is 0 Å². The van der Waals surface area contributed by atoms with E-state index in [4.69, 9.17) is 0 Å². The van der Waals surface area contributed by atoms with Gasteiger partial charge in [0.25, 0.3) is 0 Å². The molecule has 0 atom stereocenters. The second kappa shape index (κ2) is 7.90. The Bertz CT molecular complexity index is 893. The van der Waals surface area contributed by atoms with Gasteiger partial charge >= 0.3 is 6.36 Å². The van der Waals surface area contributed by atoms with E-state index in [0.29, 0.717) is 17.9 Å². The van der Waals surface area contributed by atoms with Crippen LogP contribution in [0.5, 0.6) is 5.75 Å². The molecule has 3 rings (SSSR count). The maximum Gasteiger partial charge on any atom is 0.573 e. The number of hydrogen-bond acceptors (Lipinski definition) is 4. The summed E-state index contributed by atoms with van der Waals surface area (Å²) >= 11 is 0. The molecule has 27 heavy (non-hydrogen) atoms. The third-order valence-electron chi connectivity index (χ3n) is 3.48. The van der Waals surface area contributed by atoms with Gasteiger partial charge in [-0.3, -0.25) is 14.5 Å². The van der Waals surface area contributed by atoms with Crippen LogP contribution in [0.4, 0.5) is 19.0 Å². The summed E-state index contributed by atoms with van der Waals surface area (Å²) in [6.45, 7) is 0.470. The van der Waals surface area contributed by atoms with Gasteiger partial charge in [-0.05, 0) is 29.8 Å². The number of nitrogens with zero attached hydrogens (tertiary/aromatic N) is 3. The summed E-state index contributed by atoms with van der Waals surface area (Å²) in [5.41, 5.74) is 1.38. The van der Waals surface area contributed by atoms with Crippen LogP contribution in [0.2, 0.25) is 0 Å². The Labute approximate surface area is 152 Å². The molecular formula is C18H15F3N4O2. The van der Waals surface area contributed by atoms with Crippen molar-refractivity contribution in [3.05, 3.63) is 72.2 Å². The van der Waals surface area contributed by atoms with Crippen LogP contribution < -0.4 is 10.1 Å². The summed E-state index contributed by atoms with van der Waals surface area (Å²) < 4.78 is 41.8. The molecule has 0 aliphatic heterocycles. The van der Waals surface area contributed by atoms with E-state index < -0.39 is 6.36 Å². The third kappa shape index (κ3) is 5.84. The predicted molar refractivity (Wildman–Crippen MR) is 91.0 cm³/mol. The Kier molecular flexibility index (Phi) is 5.39. The number of hydrogen-bond donors (Lipinski definition) is 1. The highest BCUT2D eigenvalue weighted by Crippen LogP contribution is 2.22. The Morgan fingerprint density at radius 2 is 1.89 bits per heavy atom. The molecule has 0 aliphatic carbocycles. The second-order valence-corrected chi connectivity index (χ2v) is 5.64. The summed E-state index contributed by atoms with van der Waals surface area (Å²) in [7, 11) is 0. The van der Waals surface area contributed by atoms with Gasteiger partial charge in [0.05, 0.1) is 18.7 Å². The number of carbonyl (C=O) groups is 1. The standard InChI is InChI=1S/C18H15F3N4O2/c19-18(20,21)27-15-6-4-13(5-7-15)11-17(26)23-16-8-10-25(24-16)12-14-3-1-2-9-22-14/h1-10H,11-12H2,(H,23,24,26). The second-order valence-electron chi connectivity index (χ2n) is 5.64. The molecule has 1 N–H and O–H groups in total. The molecule has 140 valence electrons. The molecule has 0 saturated carbocycles. The maximum atomic E-state index is 12.1. The zero-order chi connectivity index (χ0) is 19.3. The Hall–Kier alpha value is -3.36. The van der Waals surface area contributed by atoms with Gasteiger partial charge in [-0.1, -0.05) is 18.2 Å². The van der Waals surface area contributed by atoms with Crippen molar-refractivity contribution in [3.8, 4) is 5.75 Å². The van der Waals surface area contributed by atoms with Crippen molar-refractivity contribution in [2.45, 2.75) is 19.3 Å². The minimum Gasteiger partial charge on any atom is -0.406 e. The van der Waals surface area contributed by atoms with E-state index in [1.165, 1.54) is 12.1 Å². The first kappa shape index (κ1) is 18.4. The molecule has 3 aromatic rings. The van der Waals surface area contributed by atoms with Gasteiger partial charge in [-0.15, -0.1) is 13.2 Å². The topological polar surface area (TPSA) is 69.0 Å². The largest absolute Gasteiger partial charge is 0.573 e. The van der Waals surface area contributed by atoms with Gasteiger partial charge in [0.1, 0.15) is 5.75 Å². The van der Waals surface area contributed by atoms with E-state index >= 15 is 0 Å². The van der Waals surface area contributed by atoms with Crippen LogP contribution in [0.15, 0.2) is 60.9 Å². The van der Waals surface area contributed by atoms with E-state index in [0.717, 1.165) is 17.8 Å². The van der Waals surface area contributed by atoms with Gasteiger partial charge in [0.15, 0.2) is 5.82 Å². The number of nitrogens with one attached hydrogen (secondary N) is 1. The lowest BCUT2D eigenvalue weighted by Gasteiger charge is -2.09. The molecule has 0 saturated heterocycles. The summed E-state index contributed by atoms with van der Waals surface area (Å²) in [5.74, 6) is -0.282. The fourth-order valence-corrected chi connectivity index (χ4v) is 2.36. The molecule has 0 aliphatic rings. The zero-order valence-corrected chi connectivity index (χ0v) is 14.0. The van der Waals surface area contributed by atoms with Crippen molar-refractivity contribution in [1.29, 1.82) is 0 Å². The summed E-state index contributed by atoms with van der Waals surface area (Å²) in [6, 6.07) is 12.4. The number of ether oxygens (including phenoxy) is 1. The van der Waals surface area contributed by atoms with Crippen LogP contribution in [-0.2, 0) is 17.8 Å². The van der Waals surface area contributed by atoms with Crippen LogP contribution in [0.25, 0.3) is 0 Å². The SMILES string of the molecule is O=C(Cc1ccc(OC(F)(F)F)cc1)Nc1ccn(Cc2ccccn2)n1. The summed E-state index contributed by atoms with van der Waals surface area (Å²) in [5, 5.41) is 6.89. The lowest BCUT2D eigenvalue weighted by atomic mass is 10.1. The molecule has 1 amide bonds.